The molecule has 3 heterocycles. The Balaban J connectivity index is 1.81. The predicted octanol–water partition coefficient (Wildman–Crippen LogP) is 2.91. The van der Waals surface area contributed by atoms with Gasteiger partial charge in [-0.2, -0.15) is 0 Å². The van der Waals surface area contributed by atoms with E-state index in [1.807, 2.05) is 36.1 Å². The second kappa shape index (κ2) is 4.73. The molecular formula is C17H17N3O2. The summed E-state index contributed by atoms with van der Waals surface area (Å²) in [7, 11) is 0. The summed E-state index contributed by atoms with van der Waals surface area (Å²) in [6, 6.07) is 7.79. The summed E-state index contributed by atoms with van der Waals surface area (Å²) in [6.07, 6.45) is 3.25. The van der Waals surface area contributed by atoms with Crippen molar-refractivity contribution in [3.63, 3.8) is 0 Å². The van der Waals surface area contributed by atoms with Crippen LogP contribution in [0.4, 0.5) is 11.5 Å². The van der Waals surface area contributed by atoms with E-state index in [2.05, 4.69) is 4.98 Å². The summed E-state index contributed by atoms with van der Waals surface area (Å²) in [4.78, 5) is 17.9. The van der Waals surface area contributed by atoms with Gasteiger partial charge in [0.2, 0.25) is 5.91 Å². The highest BCUT2D eigenvalue weighted by molar-refractivity contribution is 5.96. The molecule has 0 aliphatic carbocycles. The molecule has 0 saturated carbocycles. The lowest BCUT2D eigenvalue weighted by Gasteiger charge is -2.27. The van der Waals surface area contributed by atoms with E-state index in [-0.39, 0.29) is 12.0 Å². The van der Waals surface area contributed by atoms with Gasteiger partial charge in [0.05, 0.1) is 0 Å². The van der Waals surface area contributed by atoms with E-state index < -0.39 is 0 Å². The Morgan fingerprint density at radius 3 is 2.95 bits per heavy atom. The van der Waals surface area contributed by atoms with Crippen LogP contribution in [0.1, 0.15) is 31.4 Å². The summed E-state index contributed by atoms with van der Waals surface area (Å²) in [5, 5.41) is 0. The molecule has 5 nitrogen and oxygen atoms in total. The van der Waals surface area contributed by atoms with Crippen molar-refractivity contribution in [3.8, 4) is 16.9 Å². The van der Waals surface area contributed by atoms with Gasteiger partial charge >= 0.3 is 0 Å². The number of hydrogen-bond acceptors (Lipinski definition) is 4. The van der Waals surface area contributed by atoms with E-state index in [4.69, 9.17) is 10.5 Å². The van der Waals surface area contributed by atoms with Crippen molar-refractivity contribution in [1.29, 1.82) is 0 Å². The summed E-state index contributed by atoms with van der Waals surface area (Å²) >= 11 is 0. The van der Waals surface area contributed by atoms with E-state index in [9.17, 15) is 4.79 Å². The lowest BCUT2D eigenvalue weighted by atomic mass is 9.95. The number of ether oxygens (including phenoxy) is 1. The third-order valence-electron chi connectivity index (χ3n) is 4.34. The lowest BCUT2D eigenvalue weighted by molar-refractivity contribution is -0.117. The normalized spacial score (nSPS) is 19.6. The number of benzene rings is 1. The maximum atomic E-state index is 11.9. The summed E-state index contributed by atoms with van der Waals surface area (Å²) in [5.74, 6) is 1.47. The molecule has 2 aliphatic rings. The topological polar surface area (TPSA) is 68.5 Å². The number of rotatable bonds is 1. The molecule has 0 spiro atoms. The van der Waals surface area contributed by atoms with E-state index in [1.54, 1.807) is 6.20 Å². The van der Waals surface area contributed by atoms with Crippen molar-refractivity contribution in [1.82, 2.24) is 4.98 Å². The largest absolute Gasteiger partial charge is 0.485 e. The summed E-state index contributed by atoms with van der Waals surface area (Å²) in [5.41, 5.74) is 9.76. The van der Waals surface area contributed by atoms with Gasteiger partial charge in [-0.15, -0.1) is 0 Å². The molecule has 2 aliphatic heterocycles. The first-order valence-corrected chi connectivity index (χ1v) is 7.50. The number of hydrogen-bond donors (Lipinski definition) is 1. The minimum Gasteiger partial charge on any atom is -0.485 e. The van der Waals surface area contributed by atoms with Crippen molar-refractivity contribution in [2.24, 2.45) is 0 Å². The third-order valence-corrected chi connectivity index (χ3v) is 4.34. The number of fused-ring (bicyclic) bond motifs is 3. The van der Waals surface area contributed by atoms with Crippen LogP contribution in [0.3, 0.4) is 0 Å². The minimum atomic E-state index is -0.0858. The molecule has 22 heavy (non-hydrogen) atoms. The Bertz CT molecular complexity index is 772. The Morgan fingerprint density at radius 2 is 2.18 bits per heavy atom. The molecule has 2 N–H and O–H groups in total. The van der Waals surface area contributed by atoms with Gasteiger partial charge in [0, 0.05) is 47.6 Å². The highest BCUT2D eigenvalue weighted by atomic mass is 16.5. The minimum absolute atomic E-state index is 0.0858. The quantitative estimate of drug-likeness (QED) is 0.878. The van der Waals surface area contributed by atoms with Gasteiger partial charge < -0.3 is 15.4 Å². The number of nitrogens with two attached hydrogens (primary N) is 1. The number of nitrogen functional groups attached to an aromatic ring is 1. The smallest absolute Gasteiger partial charge is 0.227 e. The van der Waals surface area contributed by atoms with E-state index >= 15 is 0 Å². The van der Waals surface area contributed by atoms with Crippen molar-refractivity contribution >= 4 is 17.4 Å². The van der Waals surface area contributed by atoms with Gasteiger partial charge in [0.25, 0.3) is 0 Å². The third kappa shape index (κ3) is 1.93. The fourth-order valence-electron chi connectivity index (χ4n) is 3.22. The first-order valence-electron chi connectivity index (χ1n) is 7.50. The SMILES string of the molecule is CC1Oc2cc(N3CCCC3=O)ccc2-c2cnc(N)cc21. The molecule has 1 fully saturated rings. The molecule has 1 saturated heterocycles. The second-order valence-electron chi connectivity index (χ2n) is 5.79. The molecule has 1 amide bonds. The lowest BCUT2D eigenvalue weighted by Crippen LogP contribution is -2.24. The second-order valence-corrected chi connectivity index (χ2v) is 5.79. The molecule has 1 unspecified atom stereocenters. The van der Waals surface area contributed by atoms with Crippen LogP contribution in [0.15, 0.2) is 30.5 Å². The van der Waals surface area contributed by atoms with Crippen LogP contribution in [-0.2, 0) is 4.79 Å². The fraction of sp³-hybridized carbons (Fsp3) is 0.294. The van der Waals surface area contributed by atoms with Crippen molar-refractivity contribution in [2.75, 3.05) is 17.2 Å². The van der Waals surface area contributed by atoms with Crippen LogP contribution >= 0.6 is 0 Å². The van der Waals surface area contributed by atoms with Gasteiger partial charge in [-0.1, -0.05) is 0 Å². The maximum absolute atomic E-state index is 11.9. The number of pyridine rings is 1. The summed E-state index contributed by atoms with van der Waals surface area (Å²) < 4.78 is 6.03. The number of nitrogens with zero attached hydrogens (tertiary/aromatic N) is 2. The zero-order valence-electron chi connectivity index (χ0n) is 12.4. The molecule has 112 valence electrons. The average molecular weight is 295 g/mol. The zero-order valence-corrected chi connectivity index (χ0v) is 12.4. The van der Waals surface area contributed by atoms with Gasteiger partial charge in [-0.25, -0.2) is 4.98 Å². The molecule has 1 aromatic carbocycles. The van der Waals surface area contributed by atoms with E-state index in [0.717, 1.165) is 41.1 Å². The Kier molecular flexibility index (Phi) is 2.82. The molecular weight excluding hydrogens is 278 g/mol. The van der Waals surface area contributed by atoms with E-state index in [0.29, 0.717) is 12.2 Å². The molecule has 1 atom stereocenters. The van der Waals surface area contributed by atoms with Crippen molar-refractivity contribution in [3.05, 3.63) is 36.0 Å². The first kappa shape index (κ1) is 13.1. The Morgan fingerprint density at radius 1 is 1.32 bits per heavy atom. The highest BCUT2D eigenvalue weighted by Gasteiger charge is 2.27. The number of aromatic nitrogens is 1. The number of amides is 1. The van der Waals surface area contributed by atoms with Crippen LogP contribution in [0.2, 0.25) is 0 Å². The molecule has 4 rings (SSSR count). The summed E-state index contributed by atoms with van der Waals surface area (Å²) in [6.45, 7) is 2.77. The van der Waals surface area contributed by atoms with Crippen molar-refractivity contribution < 1.29 is 9.53 Å². The van der Waals surface area contributed by atoms with Crippen LogP contribution in [0, 0.1) is 0 Å². The molecule has 0 radical (unpaired) electrons. The molecule has 5 heteroatoms. The molecule has 2 aromatic rings. The van der Waals surface area contributed by atoms with Crippen LogP contribution in [-0.4, -0.2) is 17.4 Å². The van der Waals surface area contributed by atoms with Gasteiger partial charge in [-0.3, -0.25) is 4.79 Å². The molecule has 1 aromatic heterocycles. The zero-order chi connectivity index (χ0) is 15.3. The number of carbonyl (C=O) groups excluding carboxylic acids is 1. The monoisotopic (exact) mass is 295 g/mol. The Labute approximate surface area is 128 Å². The highest BCUT2D eigenvalue weighted by Crippen LogP contribution is 2.44. The first-order chi connectivity index (χ1) is 10.6. The fourth-order valence-corrected chi connectivity index (χ4v) is 3.22. The van der Waals surface area contributed by atoms with Gasteiger partial charge in [0.1, 0.15) is 17.7 Å². The van der Waals surface area contributed by atoms with Crippen molar-refractivity contribution in [2.45, 2.75) is 25.9 Å². The number of carbonyl (C=O) groups is 1. The van der Waals surface area contributed by atoms with Gasteiger partial charge in [0.15, 0.2) is 0 Å². The maximum Gasteiger partial charge on any atom is 0.227 e. The average Bonchev–Trinajstić information content (AvgIpc) is 2.93. The van der Waals surface area contributed by atoms with Crippen LogP contribution in [0.5, 0.6) is 5.75 Å². The predicted molar refractivity (Wildman–Crippen MR) is 84.7 cm³/mol. The van der Waals surface area contributed by atoms with E-state index in [1.165, 1.54) is 0 Å². The molecule has 0 bridgehead atoms. The number of anilines is 2. The standard InChI is InChI=1S/C17H17N3O2/c1-10-13-8-16(18)19-9-14(13)12-5-4-11(7-15(12)22-10)20-6-2-3-17(20)21/h4-5,7-10H,2-3,6H2,1H3,(H2,18,19). The Hall–Kier alpha value is -2.56. The van der Waals surface area contributed by atoms with Crippen LogP contribution < -0.4 is 15.4 Å². The van der Waals surface area contributed by atoms with Gasteiger partial charge in [-0.05, 0) is 31.5 Å². The van der Waals surface area contributed by atoms with Crippen LogP contribution in [0.25, 0.3) is 11.1 Å².